The molecule has 0 aliphatic carbocycles. The number of rotatable bonds is 4. The molecule has 2 aromatic heterocycles. The van der Waals surface area contributed by atoms with E-state index in [0.29, 0.717) is 6.54 Å². The van der Waals surface area contributed by atoms with Crippen LogP contribution >= 0.6 is 24.8 Å². The Kier molecular flexibility index (Phi) is 7.94. The highest BCUT2D eigenvalue weighted by Gasteiger charge is 2.07. The maximum atomic E-state index is 11.3. The molecule has 2 aromatic rings. The Balaban J connectivity index is 0.00000200. The first-order valence-corrected chi connectivity index (χ1v) is 6.06. The summed E-state index contributed by atoms with van der Waals surface area (Å²) in [6.45, 7) is 3.99. The van der Waals surface area contributed by atoms with Crippen molar-refractivity contribution in [1.29, 1.82) is 0 Å². The summed E-state index contributed by atoms with van der Waals surface area (Å²) in [5, 5.41) is 2.74. The van der Waals surface area contributed by atoms with Crippen LogP contribution in [0, 0.1) is 6.92 Å². The van der Waals surface area contributed by atoms with Crippen molar-refractivity contribution in [3.8, 4) is 5.82 Å². The fraction of sp³-hybridized carbons (Fsp3) is 0.308. The smallest absolute Gasteiger partial charge is 0.236 e. The van der Waals surface area contributed by atoms with E-state index >= 15 is 0 Å². The molecule has 0 bridgehead atoms. The first-order valence-electron chi connectivity index (χ1n) is 6.06. The normalized spacial score (nSPS) is 11.0. The van der Waals surface area contributed by atoms with Gasteiger partial charge in [-0.15, -0.1) is 24.8 Å². The van der Waals surface area contributed by atoms with Gasteiger partial charge in [0.05, 0.1) is 6.04 Å². The Morgan fingerprint density at radius 1 is 1.38 bits per heavy atom. The highest BCUT2D eigenvalue weighted by molar-refractivity contribution is 5.85. The molecule has 8 heteroatoms. The fourth-order valence-corrected chi connectivity index (χ4v) is 1.63. The summed E-state index contributed by atoms with van der Waals surface area (Å²) < 4.78 is 1.89. The van der Waals surface area contributed by atoms with Gasteiger partial charge in [-0.1, -0.05) is 6.07 Å². The predicted molar refractivity (Wildman–Crippen MR) is 86.1 cm³/mol. The molecular formula is C13H19Cl2N5O. The van der Waals surface area contributed by atoms with E-state index in [2.05, 4.69) is 15.3 Å². The van der Waals surface area contributed by atoms with Gasteiger partial charge in [-0.2, -0.15) is 0 Å². The quantitative estimate of drug-likeness (QED) is 0.886. The Morgan fingerprint density at radius 3 is 2.57 bits per heavy atom. The number of halogens is 2. The molecule has 3 N–H and O–H groups in total. The number of aromatic nitrogens is 3. The van der Waals surface area contributed by atoms with Crippen LogP contribution in [0.15, 0.2) is 30.7 Å². The molecule has 0 aromatic carbocycles. The van der Waals surface area contributed by atoms with Crippen LogP contribution in [0.3, 0.4) is 0 Å². The zero-order chi connectivity index (χ0) is 13.8. The monoisotopic (exact) mass is 331 g/mol. The van der Waals surface area contributed by atoms with E-state index in [1.54, 1.807) is 19.3 Å². The third kappa shape index (κ3) is 5.00. The molecule has 2 heterocycles. The number of hydrogen-bond donors (Lipinski definition) is 2. The number of pyridine rings is 1. The van der Waals surface area contributed by atoms with Gasteiger partial charge in [-0.3, -0.25) is 9.36 Å². The Labute approximate surface area is 136 Å². The third-order valence-corrected chi connectivity index (χ3v) is 2.76. The van der Waals surface area contributed by atoms with Gasteiger partial charge in [-0.25, -0.2) is 9.97 Å². The Bertz CT molecular complexity index is 568. The lowest BCUT2D eigenvalue weighted by Crippen LogP contribution is -2.37. The molecule has 0 fully saturated rings. The maximum Gasteiger partial charge on any atom is 0.236 e. The number of nitrogens with zero attached hydrogens (tertiary/aromatic N) is 3. The molecular weight excluding hydrogens is 313 g/mol. The van der Waals surface area contributed by atoms with Gasteiger partial charge in [-0.05, 0) is 25.5 Å². The van der Waals surface area contributed by atoms with Crippen molar-refractivity contribution < 1.29 is 4.79 Å². The molecule has 116 valence electrons. The second-order valence-corrected chi connectivity index (χ2v) is 4.38. The summed E-state index contributed by atoms with van der Waals surface area (Å²) in [6, 6.07) is 3.31. The van der Waals surface area contributed by atoms with Crippen LogP contribution in [0.5, 0.6) is 0 Å². The van der Waals surface area contributed by atoms with Crippen LogP contribution in [0.2, 0.25) is 0 Å². The number of carbonyl (C=O) groups excluding carboxylic acids is 1. The minimum Gasteiger partial charge on any atom is -0.351 e. The van der Waals surface area contributed by atoms with Crippen molar-refractivity contribution in [3.05, 3.63) is 42.1 Å². The summed E-state index contributed by atoms with van der Waals surface area (Å²) in [7, 11) is 0. The molecule has 1 amide bonds. The SMILES string of the molecule is Cc1nccn1-c1ccc(CNC(=O)[C@@H](C)N)cn1.Cl.Cl. The van der Waals surface area contributed by atoms with Crippen LogP contribution in [0.1, 0.15) is 18.3 Å². The highest BCUT2D eigenvalue weighted by atomic mass is 35.5. The zero-order valence-corrected chi connectivity index (χ0v) is 13.4. The van der Waals surface area contributed by atoms with Gasteiger partial charge in [0.2, 0.25) is 5.91 Å². The molecule has 0 spiro atoms. The van der Waals surface area contributed by atoms with E-state index in [1.807, 2.05) is 29.8 Å². The Morgan fingerprint density at radius 2 is 2.10 bits per heavy atom. The molecule has 0 unspecified atom stereocenters. The minimum absolute atomic E-state index is 0. The molecule has 0 saturated carbocycles. The van der Waals surface area contributed by atoms with Crippen molar-refractivity contribution >= 4 is 30.7 Å². The first kappa shape index (κ1) is 19.4. The highest BCUT2D eigenvalue weighted by Crippen LogP contribution is 2.08. The predicted octanol–water partition coefficient (Wildman–Crippen LogP) is 1.38. The number of amides is 1. The van der Waals surface area contributed by atoms with Crippen LogP contribution < -0.4 is 11.1 Å². The lowest BCUT2D eigenvalue weighted by molar-refractivity contribution is -0.122. The van der Waals surface area contributed by atoms with Gasteiger partial charge in [0.25, 0.3) is 0 Å². The number of imidazole rings is 1. The van der Waals surface area contributed by atoms with E-state index in [1.165, 1.54) is 0 Å². The number of carbonyl (C=O) groups is 1. The molecule has 0 saturated heterocycles. The summed E-state index contributed by atoms with van der Waals surface area (Å²) in [5.41, 5.74) is 6.39. The third-order valence-electron chi connectivity index (χ3n) is 2.76. The molecule has 1 atom stereocenters. The summed E-state index contributed by atoms with van der Waals surface area (Å²) in [4.78, 5) is 19.8. The molecule has 2 rings (SSSR count). The second-order valence-electron chi connectivity index (χ2n) is 4.38. The van der Waals surface area contributed by atoms with E-state index in [-0.39, 0.29) is 30.7 Å². The number of hydrogen-bond acceptors (Lipinski definition) is 4. The van der Waals surface area contributed by atoms with E-state index in [4.69, 9.17) is 5.73 Å². The van der Waals surface area contributed by atoms with Crippen molar-refractivity contribution in [3.63, 3.8) is 0 Å². The lowest BCUT2D eigenvalue weighted by Gasteiger charge is -2.08. The topological polar surface area (TPSA) is 85.8 Å². The van der Waals surface area contributed by atoms with Gasteiger partial charge >= 0.3 is 0 Å². The average molecular weight is 332 g/mol. The number of nitrogens with one attached hydrogen (secondary N) is 1. The van der Waals surface area contributed by atoms with E-state index in [9.17, 15) is 4.79 Å². The van der Waals surface area contributed by atoms with Crippen molar-refractivity contribution in [2.75, 3.05) is 0 Å². The van der Waals surface area contributed by atoms with Gasteiger partial charge in [0.15, 0.2) is 0 Å². The van der Waals surface area contributed by atoms with Crippen LogP contribution in [-0.4, -0.2) is 26.5 Å². The van der Waals surface area contributed by atoms with Crippen molar-refractivity contribution in [2.45, 2.75) is 26.4 Å². The molecule has 0 radical (unpaired) electrons. The van der Waals surface area contributed by atoms with Crippen LogP contribution in [0.4, 0.5) is 0 Å². The molecule has 21 heavy (non-hydrogen) atoms. The fourth-order valence-electron chi connectivity index (χ4n) is 1.63. The van der Waals surface area contributed by atoms with Gasteiger partial charge in [0.1, 0.15) is 11.6 Å². The van der Waals surface area contributed by atoms with Crippen molar-refractivity contribution in [2.24, 2.45) is 5.73 Å². The number of nitrogens with two attached hydrogens (primary N) is 1. The largest absolute Gasteiger partial charge is 0.351 e. The van der Waals surface area contributed by atoms with Crippen LogP contribution in [0.25, 0.3) is 5.82 Å². The van der Waals surface area contributed by atoms with E-state index < -0.39 is 6.04 Å². The summed E-state index contributed by atoms with van der Waals surface area (Å²) in [6.07, 6.45) is 5.32. The zero-order valence-electron chi connectivity index (χ0n) is 11.8. The molecule has 0 aliphatic heterocycles. The summed E-state index contributed by atoms with van der Waals surface area (Å²) >= 11 is 0. The second kappa shape index (κ2) is 8.61. The lowest BCUT2D eigenvalue weighted by atomic mass is 10.2. The number of aryl methyl sites for hydroxylation is 1. The van der Waals surface area contributed by atoms with E-state index in [0.717, 1.165) is 17.2 Å². The molecule has 0 aliphatic rings. The first-order chi connectivity index (χ1) is 9.08. The van der Waals surface area contributed by atoms with Gasteiger partial charge in [0, 0.05) is 25.1 Å². The maximum absolute atomic E-state index is 11.3. The van der Waals surface area contributed by atoms with Crippen LogP contribution in [-0.2, 0) is 11.3 Å². The van der Waals surface area contributed by atoms with Crippen molar-refractivity contribution in [1.82, 2.24) is 19.9 Å². The van der Waals surface area contributed by atoms with Gasteiger partial charge < -0.3 is 11.1 Å². The molecule has 6 nitrogen and oxygen atoms in total. The summed E-state index contributed by atoms with van der Waals surface area (Å²) in [5.74, 6) is 1.51. The average Bonchev–Trinajstić information content (AvgIpc) is 2.82. The standard InChI is InChI=1S/C13H17N5O.2ClH/c1-9(14)13(19)17-8-11-3-4-12(16-7-11)18-6-5-15-10(18)2;;/h3-7,9H,8,14H2,1-2H3,(H,17,19);2*1H/t9-;;/m1../s1. The minimum atomic E-state index is -0.499. The Hall–Kier alpha value is -1.63.